The summed E-state index contributed by atoms with van der Waals surface area (Å²) >= 11 is 0. The molecule has 0 N–H and O–H groups in total. The standard InChI is InChI=1S/C36H18N6/c1-37-35-33-25(13-8-18-38-33)39-36(40-35)42-28-17-16-20-9-2-3-10-21(20)30(28)32-29(42)19-24-22-11-4-6-14-26(22)41-27-15-7-5-12-23(27)31(32)34(24)41/h2-19H. The Balaban J connectivity index is 1.54. The van der Waals surface area contributed by atoms with E-state index in [4.69, 9.17) is 16.5 Å². The smallest absolute Gasteiger partial charge is 0.332 e. The van der Waals surface area contributed by atoms with Crippen molar-refractivity contribution in [3.8, 4) is 5.95 Å². The lowest BCUT2D eigenvalue weighted by molar-refractivity contribution is 1.01. The molecule has 0 aliphatic carbocycles. The molecule has 0 aliphatic heterocycles. The van der Waals surface area contributed by atoms with Crippen LogP contribution in [0, 0.1) is 6.57 Å². The van der Waals surface area contributed by atoms with Gasteiger partial charge in [-0.3, -0.25) is 9.55 Å². The van der Waals surface area contributed by atoms with E-state index < -0.39 is 0 Å². The molecule has 0 fully saturated rings. The molecule has 192 valence electrons. The molecule has 0 saturated heterocycles. The Morgan fingerprint density at radius 2 is 1.36 bits per heavy atom. The van der Waals surface area contributed by atoms with Crippen LogP contribution in [0.3, 0.4) is 0 Å². The molecule has 0 saturated carbocycles. The van der Waals surface area contributed by atoms with Crippen LogP contribution in [-0.4, -0.2) is 23.9 Å². The Morgan fingerprint density at radius 1 is 0.595 bits per heavy atom. The molecular formula is C36H18N6. The minimum absolute atomic E-state index is 0.249. The monoisotopic (exact) mass is 534 g/mol. The maximum absolute atomic E-state index is 7.89. The first kappa shape index (κ1) is 21.7. The second-order valence-corrected chi connectivity index (χ2v) is 10.8. The molecule has 6 nitrogen and oxygen atoms in total. The third-order valence-corrected chi connectivity index (χ3v) is 8.72. The van der Waals surface area contributed by atoms with E-state index in [-0.39, 0.29) is 5.82 Å². The Morgan fingerprint density at radius 3 is 2.21 bits per heavy atom. The van der Waals surface area contributed by atoms with Crippen molar-refractivity contribution in [2.45, 2.75) is 0 Å². The second-order valence-electron chi connectivity index (χ2n) is 10.8. The van der Waals surface area contributed by atoms with Gasteiger partial charge in [-0.05, 0) is 47.2 Å². The molecule has 10 aromatic rings. The molecule has 6 heteroatoms. The number of pyridine rings is 1. The van der Waals surface area contributed by atoms with Crippen molar-refractivity contribution in [2.24, 2.45) is 0 Å². The van der Waals surface area contributed by atoms with E-state index in [1.165, 1.54) is 54.3 Å². The quantitative estimate of drug-likeness (QED) is 0.198. The van der Waals surface area contributed by atoms with Gasteiger partial charge in [0.25, 0.3) is 0 Å². The van der Waals surface area contributed by atoms with Crippen LogP contribution in [0.1, 0.15) is 0 Å². The number of hydrogen-bond acceptors (Lipinski definition) is 3. The summed E-state index contributed by atoms with van der Waals surface area (Å²) in [5.74, 6) is 0.720. The van der Waals surface area contributed by atoms with Crippen molar-refractivity contribution in [3.63, 3.8) is 0 Å². The van der Waals surface area contributed by atoms with Crippen LogP contribution >= 0.6 is 0 Å². The highest BCUT2D eigenvalue weighted by atomic mass is 15.2. The zero-order chi connectivity index (χ0) is 27.5. The predicted molar refractivity (Wildman–Crippen MR) is 170 cm³/mol. The topological polar surface area (TPSA) is 52.4 Å². The third kappa shape index (κ3) is 2.52. The molecule has 5 aromatic heterocycles. The Bertz CT molecular complexity index is 2810. The minimum Gasteiger partial charge on any atom is -0.359 e. The van der Waals surface area contributed by atoms with E-state index in [0.29, 0.717) is 17.0 Å². The number of para-hydroxylation sites is 2. The van der Waals surface area contributed by atoms with Gasteiger partial charge in [-0.1, -0.05) is 78.3 Å². The Labute approximate surface area is 237 Å². The molecule has 0 spiro atoms. The number of nitrogens with zero attached hydrogens (tertiary/aromatic N) is 6. The van der Waals surface area contributed by atoms with Gasteiger partial charge >= 0.3 is 11.8 Å². The molecule has 0 radical (unpaired) electrons. The van der Waals surface area contributed by atoms with Crippen molar-refractivity contribution in [1.29, 1.82) is 0 Å². The Kier molecular flexibility index (Phi) is 3.91. The molecule has 5 heterocycles. The minimum atomic E-state index is 0.249. The first-order valence-electron chi connectivity index (χ1n) is 13.8. The van der Waals surface area contributed by atoms with Crippen LogP contribution in [0.4, 0.5) is 5.82 Å². The SMILES string of the molecule is [C-]#[N+]c1nc(-n2c3ccc4ccccc4c3c3c4c5ccccc5n5c6ccccc6c(cc32)c45)nc2cccnc12. The molecule has 0 unspecified atom stereocenters. The van der Waals surface area contributed by atoms with Crippen LogP contribution in [0.5, 0.6) is 0 Å². The van der Waals surface area contributed by atoms with Crippen molar-refractivity contribution >= 4 is 87.5 Å². The molecule has 0 bridgehead atoms. The molecule has 10 rings (SSSR count). The van der Waals surface area contributed by atoms with Gasteiger partial charge in [-0.15, -0.1) is 0 Å². The van der Waals surface area contributed by atoms with Gasteiger partial charge in [-0.25, -0.2) is 0 Å². The summed E-state index contributed by atoms with van der Waals surface area (Å²) < 4.78 is 4.56. The van der Waals surface area contributed by atoms with Gasteiger partial charge in [0.2, 0.25) is 0 Å². The fourth-order valence-electron chi connectivity index (χ4n) is 7.11. The zero-order valence-electron chi connectivity index (χ0n) is 22.1. The van der Waals surface area contributed by atoms with Gasteiger partial charge in [0.05, 0.1) is 33.1 Å². The summed E-state index contributed by atoms with van der Waals surface area (Å²) in [7, 11) is 0. The number of rotatable bonds is 1. The first-order valence-corrected chi connectivity index (χ1v) is 13.8. The lowest BCUT2D eigenvalue weighted by atomic mass is 9.99. The van der Waals surface area contributed by atoms with Gasteiger partial charge in [-0.2, -0.15) is 4.98 Å². The molecule has 0 atom stereocenters. The van der Waals surface area contributed by atoms with E-state index in [9.17, 15) is 0 Å². The van der Waals surface area contributed by atoms with Gasteiger partial charge in [0, 0.05) is 38.5 Å². The van der Waals surface area contributed by atoms with Gasteiger partial charge in [0.1, 0.15) is 5.52 Å². The van der Waals surface area contributed by atoms with Crippen LogP contribution in [0.15, 0.2) is 109 Å². The van der Waals surface area contributed by atoms with Crippen LogP contribution in [0.25, 0.3) is 92.5 Å². The maximum atomic E-state index is 7.89. The van der Waals surface area contributed by atoms with E-state index >= 15 is 0 Å². The summed E-state index contributed by atoms with van der Waals surface area (Å²) in [5.41, 5.74) is 6.79. The van der Waals surface area contributed by atoms with Crippen molar-refractivity contribution in [2.75, 3.05) is 0 Å². The summed E-state index contributed by atoms with van der Waals surface area (Å²) in [6.07, 6.45) is 1.68. The highest BCUT2D eigenvalue weighted by Gasteiger charge is 2.26. The van der Waals surface area contributed by atoms with Crippen LogP contribution in [-0.2, 0) is 0 Å². The molecular weight excluding hydrogens is 516 g/mol. The number of hydrogen-bond donors (Lipinski definition) is 0. The van der Waals surface area contributed by atoms with Crippen molar-refractivity contribution in [3.05, 3.63) is 121 Å². The predicted octanol–water partition coefficient (Wildman–Crippen LogP) is 8.98. The molecule has 0 amide bonds. The maximum Gasteiger partial charge on any atom is 0.332 e. The number of aromatic nitrogens is 5. The molecule has 42 heavy (non-hydrogen) atoms. The van der Waals surface area contributed by atoms with Crippen LogP contribution < -0.4 is 0 Å². The summed E-state index contributed by atoms with van der Waals surface area (Å²) in [6.45, 7) is 7.89. The highest BCUT2D eigenvalue weighted by Crippen LogP contribution is 2.47. The number of benzene rings is 5. The second kappa shape index (κ2) is 7.57. The van der Waals surface area contributed by atoms with Crippen molar-refractivity contribution < 1.29 is 0 Å². The van der Waals surface area contributed by atoms with Gasteiger partial charge in [0.15, 0.2) is 0 Å². The lowest BCUT2D eigenvalue weighted by Gasteiger charge is -2.06. The van der Waals surface area contributed by atoms with E-state index in [0.717, 1.165) is 16.4 Å². The summed E-state index contributed by atoms with van der Waals surface area (Å²) in [6, 6.07) is 36.2. The Hall–Kier alpha value is -6.06. The van der Waals surface area contributed by atoms with E-state index in [1.807, 2.05) is 12.1 Å². The average Bonchev–Trinajstić information content (AvgIpc) is 3.68. The normalized spacial score (nSPS) is 12.3. The lowest BCUT2D eigenvalue weighted by Crippen LogP contribution is -2.02. The zero-order valence-corrected chi connectivity index (χ0v) is 22.1. The largest absolute Gasteiger partial charge is 0.359 e. The van der Waals surface area contributed by atoms with Gasteiger partial charge < -0.3 is 9.25 Å². The van der Waals surface area contributed by atoms with E-state index in [1.54, 1.807) is 6.20 Å². The summed E-state index contributed by atoms with van der Waals surface area (Å²) in [4.78, 5) is 18.0. The average molecular weight is 535 g/mol. The molecule has 5 aromatic carbocycles. The van der Waals surface area contributed by atoms with E-state index in [2.05, 4.69) is 110 Å². The van der Waals surface area contributed by atoms with Crippen LogP contribution in [0.2, 0.25) is 0 Å². The summed E-state index contributed by atoms with van der Waals surface area (Å²) in [5, 5.41) is 9.51. The fourth-order valence-corrected chi connectivity index (χ4v) is 7.11. The van der Waals surface area contributed by atoms with Crippen molar-refractivity contribution in [1.82, 2.24) is 23.9 Å². The fraction of sp³-hybridized carbons (Fsp3) is 0. The third-order valence-electron chi connectivity index (χ3n) is 8.72. The molecule has 0 aliphatic rings. The highest BCUT2D eigenvalue weighted by molar-refractivity contribution is 6.38. The number of fused-ring (bicyclic) bond motifs is 13. The first-order chi connectivity index (χ1) is 20.8.